The lowest BCUT2D eigenvalue weighted by molar-refractivity contribution is -0.141. The third kappa shape index (κ3) is 4.02. The summed E-state index contributed by atoms with van der Waals surface area (Å²) in [5, 5.41) is 3.07. The van der Waals surface area contributed by atoms with Gasteiger partial charge in [0.05, 0.1) is 0 Å². The van der Waals surface area contributed by atoms with Gasteiger partial charge in [-0.2, -0.15) is 13.2 Å². The van der Waals surface area contributed by atoms with E-state index >= 15 is 0 Å². The Kier molecular flexibility index (Phi) is 4.49. The van der Waals surface area contributed by atoms with Crippen molar-refractivity contribution in [1.29, 1.82) is 0 Å². The molecule has 88 valence electrons. The minimum atomic E-state index is -4.37. The van der Waals surface area contributed by atoms with E-state index in [0.717, 1.165) is 24.6 Å². The zero-order chi connectivity index (χ0) is 12.0. The molecule has 0 spiro atoms. The molecule has 0 atom stereocenters. The molecule has 0 aromatic carbocycles. The van der Waals surface area contributed by atoms with E-state index in [1.165, 1.54) is 12.3 Å². The van der Waals surface area contributed by atoms with Gasteiger partial charge in [-0.15, -0.1) is 6.58 Å². The van der Waals surface area contributed by atoms with Gasteiger partial charge in [-0.05, 0) is 24.6 Å². The van der Waals surface area contributed by atoms with Gasteiger partial charge in [-0.3, -0.25) is 4.98 Å². The molecule has 0 aliphatic heterocycles. The van der Waals surface area contributed by atoms with Crippen molar-refractivity contribution in [2.24, 2.45) is 0 Å². The number of nitrogens with zero attached hydrogens (tertiary/aromatic N) is 1. The van der Waals surface area contributed by atoms with Crippen LogP contribution in [0.15, 0.2) is 31.0 Å². The van der Waals surface area contributed by atoms with Crippen LogP contribution >= 0.6 is 0 Å². The van der Waals surface area contributed by atoms with Gasteiger partial charge < -0.3 is 5.32 Å². The second-order valence-corrected chi connectivity index (χ2v) is 3.30. The van der Waals surface area contributed by atoms with Crippen LogP contribution in [0.1, 0.15) is 17.7 Å². The van der Waals surface area contributed by atoms with E-state index < -0.39 is 11.9 Å². The van der Waals surface area contributed by atoms with Crippen LogP contribution in [-0.2, 0) is 12.7 Å². The summed E-state index contributed by atoms with van der Waals surface area (Å²) in [6, 6.07) is 2.42. The molecule has 1 N–H and O–H groups in total. The Morgan fingerprint density at radius 2 is 2.12 bits per heavy atom. The summed E-state index contributed by atoms with van der Waals surface area (Å²) in [7, 11) is 0. The number of pyridine rings is 1. The molecular formula is C11H13F3N2. The molecule has 1 heterocycles. The molecule has 0 fully saturated rings. The molecular weight excluding hydrogens is 217 g/mol. The molecule has 0 unspecified atom stereocenters. The molecule has 0 bridgehead atoms. The minimum absolute atomic E-state index is 0.513. The highest BCUT2D eigenvalue weighted by molar-refractivity contribution is 5.15. The van der Waals surface area contributed by atoms with Crippen molar-refractivity contribution in [3.63, 3.8) is 0 Å². The smallest absolute Gasteiger partial charge is 0.312 e. The van der Waals surface area contributed by atoms with E-state index in [-0.39, 0.29) is 0 Å². The van der Waals surface area contributed by atoms with Crippen molar-refractivity contribution in [1.82, 2.24) is 10.3 Å². The van der Waals surface area contributed by atoms with Gasteiger partial charge in [-0.1, -0.05) is 12.1 Å². The number of aromatic nitrogens is 1. The molecule has 5 heteroatoms. The fraction of sp³-hybridized carbons (Fsp3) is 0.364. The number of rotatable bonds is 5. The van der Waals surface area contributed by atoms with E-state index in [9.17, 15) is 13.2 Å². The van der Waals surface area contributed by atoms with Crippen LogP contribution in [0.5, 0.6) is 0 Å². The Morgan fingerprint density at radius 3 is 2.62 bits per heavy atom. The SMILES string of the molecule is C=CCCNCc1ccc(C(F)(F)F)nc1. The third-order valence-electron chi connectivity index (χ3n) is 1.97. The Balaban J connectivity index is 2.48. The van der Waals surface area contributed by atoms with Crippen LogP contribution in [-0.4, -0.2) is 11.5 Å². The lowest BCUT2D eigenvalue weighted by Gasteiger charge is -2.07. The quantitative estimate of drug-likeness (QED) is 0.621. The zero-order valence-electron chi connectivity index (χ0n) is 8.72. The van der Waals surface area contributed by atoms with E-state index in [1.807, 2.05) is 0 Å². The first kappa shape index (κ1) is 12.7. The summed E-state index contributed by atoms with van der Waals surface area (Å²) >= 11 is 0. The highest BCUT2D eigenvalue weighted by atomic mass is 19.4. The summed E-state index contributed by atoms with van der Waals surface area (Å²) in [6.07, 6.45) is -0.523. The fourth-order valence-corrected chi connectivity index (χ4v) is 1.13. The molecule has 16 heavy (non-hydrogen) atoms. The number of alkyl halides is 3. The van der Waals surface area contributed by atoms with Crippen LogP contribution in [0.3, 0.4) is 0 Å². The predicted octanol–water partition coefficient (Wildman–Crippen LogP) is 2.77. The first-order valence-corrected chi connectivity index (χ1v) is 4.88. The maximum atomic E-state index is 12.2. The van der Waals surface area contributed by atoms with Gasteiger partial charge >= 0.3 is 6.18 Å². The predicted molar refractivity (Wildman–Crippen MR) is 55.8 cm³/mol. The average molecular weight is 230 g/mol. The van der Waals surface area contributed by atoms with E-state index in [0.29, 0.717) is 6.54 Å². The minimum Gasteiger partial charge on any atom is -0.312 e. The molecule has 0 aliphatic rings. The molecule has 0 aliphatic carbocycles. The summed E-state index contributed by atoms with van der Waals surface area (Å²) in [5.74, 6) is 0. The van der Waals surface area contributed by atoms with Gasteiger partial charge in [0.15, 0.2) is 0 Å². The van der Waals surface area contributed by atoms with Crippen molar-refractivity contribution in [3.8, 4) is 0 Å². The van der Waals surface area contributed by atoms with Crippen molar-refractivity contribution in [2.45, 2.75) is 19.1 Å². The Morgan fingerprint density at radius 1 is 1.38 bits per heavy atom. The summed E-state index contributed by atoms with van der Waals surface area (Å²) in [5.41, 5.74) is -0.126. The van der Waals surface area contributed by atoms with Crippen LogP contribution in [0, 0.1) is 0 Å². The van der Waals surface area contributed by atoms with Crippen LogP contribution < -0.4 is 5.32 Å². The molecule has 1 aromatic heterocycles. The maximum Gasteiger partial charge on any atom is 0.433 e. The first-order valence-electron chi connectivity index (χ1n) is 4.88. The molecule has 0 amide bonds. The van der Waals surface area contributed by atoms with Crippen molar-refractivity contribution in [2.75, 3.05) is 6.54 Å². The van der Waals surface area contributed by atoms with Crippen LogP contribution in [0.25, 0.3) is 0 Å². The highest BCUT2D eigenvalue weighted by Crippen LogP contribution is 2.27. The third-order valence-corrected chi connectivity index (χ3v) is 1.97. The molecule has 0 saturated heterocycles. The molecule has 1 rings (SSSR count). The fourth-order valence-electron chi connectivity index (χ4n) is 1.13. The summed E-state index contributed by atoms with van der Waals surface area (Å²) < 4.78 is 36.5. The molecule has 2 nitrogen and oxygen atoms in total. The second kappa shape index (κ2) is 5.65. The average Bonchev–Trinajstić information content (AvgIpc) is 2.24. The van der Waals surface area contributed by atoms with E-state index in [1.54, 1.807) is 6.08 Å². The zero-order valence-corrected chi connectivity index (χ0v) is 8.72. The van der Waals surface area contributed by atoms with Gasteiger partial charge in [-0.25, -0.2) is 0 Å². The monoisotopic (exact) mass is 230 g/mol. The first-order chi connectivity index (χ1) is 7.54. The van der Waals surface area contributed by atoms with Crippen molar-refractivity contribution in [3.05, 3.63) is 42.2 Å². The van der Waals surface area contributed by atoms with Gasteiger partial charge in [0.1, 0.15) is 5.69 Å². The van der Waals surface area contributed by atoms with Crippen molar-refractivity contribution < 1.29 is 13.2 Å². The summed E-state index contributed by atoms with van der Waals surface area (Å²) in [4.78, 5) is 3.36. The van der Waals surface area contributed by atoms with Gasteiger partial charge in [0.2, 0.25) is 0 Å². The van der Waals surface area contributed by atoms with Crippen molar-refractivity contribution >= 4 is 0 Å². The standard InChI is InChI=1S/C11H13F3N2/c1-2-3-6-15-7-9-4-5-10(16-8-9)11(12,13)14/h2,4-5,8,15H,1,3,6-7H2. The molecule has 0 saturated carbocycles. The normalized spacial score (nSPS) is 11.4. The van der Waals surface area contributed by atoms with Gasteiger partial charge in [0.25, 0.3) is 0 Å². The number of hydrogen-bond acceptors (Lipinski definition) is 2. The highest BCUT2D eigenvalue weighted by Gasteiger charge is 2.31. The maximum absolute atomic E-state index is 12.2. The number of hydrogen-bond donors (Lipinski definition) is 1. The Labute approximate surface area is 92.2 Å². The van der Waals surface area contributed by atoms with E-state index in [2.05, 4.69) is 16.9 Å². The Bertz CT molecular complexity index is 330. The largest absolute Gasteiger partial charge is 0.433 e. The van der Waals surface area contributed by atoms with Crippen LogP contribution in [0.2, 0.25) is 0 Å². The summed E-state index contributed by atoms with van der Waals surface area (Å²) in [6.45, 7) is 4.83. The van der Waals surface area contributed by atoms with Crippen LogP contribution in [0.4, 0.5) is 13.2 Å². The number of nitrogens with one attached hydrogen (secondary N) is 1. The molecule has 1 aromatic rings. The van der Waals surface area contributed by atoms with E-state index in [4.69, 9.17) is 0 Å². The lowest BCUT2D eigenvalue weighted by atomic mass is 10.2. The second-order valence-electron chi connectivity index (χ2n) is 3.30. The lowest BCUT2D eigenvalue weighted by Crippen LogP contribution is -2.15. The number of halogens is 3. The van der Waals surface area contributed by atoms with Gasteiger partial charge in [0, 0.05) is 12.7 Å². The molecule has 0 radical (unpaired) electrons. The Hall–Kier alpha value is -1.36. The topological polar surface area (TPSA) is 24.9 Å².